The van der Waals surface area contributed by atoms with Crippen molar-refractivity contribution in [1.82, 2.24) is 0 Å². The molecule has 0 aromatic rings. The van der Waals surface area contributed by atoms with E-state index in [0.717, 1.165) is 17.9 Å². The highest BCUT2D eigenvalue weighted by atomic mass is 32.2. The third-order valence-electron chi connectivity index (χ3n) is 1.87. The van der Waals surface area contributed by atoms with Crippen molar-refractivity contribution in [2.75, 3.05) is 18.1 Å². The molecule has 0 spiro atoms. The molecule has 0 fully saturated rings. The van der Waals surface area contributed by atoms with E-state index in [2.05, 4.69) is 6.92 Å². The predicted octanol–water partition coefficient (Wildman–Crippen LogP) is 1.72. The number of aliphatic hydroxyl groups is 1. The lowest BCUT2D eigenvalue weighted by molar-refractivity contribution is -0.121. The Bertz CT molecular complexity index is 126. The molecule has 0 saturated heterocycles. The topological polar surface area (TPSA) is 37.3 Å². The first kappa shape index (κ1) is 12.0. The first-order chi connectivity index (χ1) is 5.72. The highest BCUT2D eigenvalue weighted by Crippen LogP contribution is 2.13. The molecular weight excluding hydrogens is 172 g/mol. The second-order valence-corrected chi connectivity index (χ2v) is 4.20. The van der Waals surface area contributed by atoms with Crippen LogP contribution in [0.15, 0.2) is 0 Å². The smallest absolute Gasteiger partial charge is 0.133 e. The summed E-state index contributed by atoms with van der Waals surface area (Å²) in [6, 6.07) is 0. The van der Waals surface area contributed by atoms with Crippen LogP contribution in [0.5, 0.6) is 0 Å². The van der Waals surface area contributed by atoms with E-state index in [9.17, 15) is 4.79 Å². The van der Waals surface area contributed by atoms with Gasteiger partial charge in [0.15, 0.2) is 0 Å². The molecule has 2 nitrogen and oxygen atoms in total. The average Bonchev–Trinajstić information content (AvgIpc) is 2.03. The minimum atomic E-state index is 0.0778. The summed E-state index contributed by atoms with van der Waals surface area (Å²) in [5.74, 6) is 2.42. The molecule has 0 aromatic carbocycles. The van der Waals surface area contributed by atoms with Gasteiger partial charge < -0.3 is 5.11 Å². The number of hydrogen-bond donors (Lipinski definition) is 1. The Morgan fingerprint density at radius 3 is 2.58 bits per heavy atom. The van der Waals surface area contributed by atoms with E-state index < -0.39 is 0 Å². The summed E-state index contributed by atoms with van der Waals surface area (Å²) in [6.07, 6.45) is 1.54. The zero-order valence-corrected chi connectivity index (χ0v) is 8.69. The maximum atomic E-state index is 11.0. The van der Waals surface area contributed by atoms with E-state index in [4.69, 9.17) is 5.11 Å². The van der Waals surface area contributed by atoms with E-state index in [1.54, 1.807) is 6.92 Å². The van der Waals surface area contributed by atoms with Gasteiger partial charge in [0.2, 0.25) is 0 Å². The molecule has 1 atom stereocenters. The number of carbonyl (C=O) groups excluding carboxylic acids is 1. The fourth-order valence-electron chi connectivity index (χ4n) is 1.08. The molecule has 0 aliphatic carbocycles. The zero-order chi connectivity index (χ0) is 9.40. The maximum Gasteiger partial charge on any atom is 0.133 e. The molecule has 0 rings (SSSR count). The SMILES string of the molecule is CCSCCC(CCO)C(C)=O. The number of thioether (sulfide) groups is 1. The molecule has 0 aliphatic rings. The highest BCUT2D eigenvalue weighted by molar-refractivity contribution is 7.99. The largest absolute Gasteiger partial charge is 0.396 e. The molecule has 3 heteroatoms. The lowest BCUT2D eigenvalue weighted by Gasteiger charge is -2.10. The summed E-state index contributed by atoms with van der Waals surface area (Å²) in [5, 5.41) is 8.68. The number of Topliss-reactive ketones (excluding diaryl/α,β-unsaturated/α-hetero) is 1. The van der Waals surface area contributed by atoms with Gasteiger partial charge in [0.05, 0.1) is 0 Å². The van der Waals surface area contributed by atoms with Gasteiger partial charge >= 0.3 is 0 Å². The molecule has 0 amide bonds. The van der Waals surface area contributed by atoms with Crippen LogP contribution < -0.4 is 0 Å². The van der Waals surface area contributed by atoms with Crippen LogP contribution >= 0.6 is 11.8 Å². The van der Waals surface area contributed by atoms with E-state index in [1.165, 1.54) is 0 Å². The second-order valence-electron chi connectivity index (χ2n) is 2.81. The van der Waals surface area contributed by atoms with Crippen molar-refractivity contribution >= 4 is 17.5 Å². The fourth-order valence-corrected chi connectivity index (χ4v) is 1.82. The minimum Gasteiger partial charge on any atom is -0.396 e. The molecule has 72 valence electrons. The molecule has 12 heavy (non-hydrogen) atoms. The summed E-state index contributed by atoms with van der Waals surface area (Å²) in [7, 11) is 0. The van der Waals surface area contributed by atoms with E-state index >= 15 is 0 Å². The number of aliphatic hydroxyl groups excluding tert-OH is 1. The zero-order valence-electron chi connectivity index (χ0n) is 7.88. The number of hydrogen-bond acceptors (Lipinski definition) is 3. The molecule has 0 heterocycles. The summed E-state index contributed by atoms with van der Waals surface area (Å²) in [6.45, 7) is 3.84. The van der Waals surface area contributed by atoms with Gasteiger partial charge in [-0.3, -0.25) is 4.79 Å². The van der Waals surface area contributed by atoms with E-state index in [-0.39, 0.29) is 18.3 Å². The maximum absolute atomic E-state index is 11.0. The van der Waals surface area contributed by atoms with Gasteiger partial charge in [-0.05, 0) is 31.3 Å². The van der Waals surface area contributed by atoms with Crippen molar-refractivity contribution in [2.24, 2.45) is 5.92 Å². The van der Waals surface area contributed by atoms with Crippen LogP contribution in [-0.4, -0.2) is 29.0 Å². The quantitative estimate of drug-likeness (QED) is 0.621. The van der Waals surface area contributed by atoms with Gasteiger partial charge in [-0.15, -0.1) is 0 Å². The molecule has 0 saturated carbocycles. The first-order valence-electron chi connectivity index (χ1n) is 4.41. The summed E-state index contributed by atoms with van der Waals surface area (Å²) < 4.78 is 0. The third kappa shape index (κ3) is 5.61. The van der Waals surface area contributed by atoms with Gasteiger partial charge in [-0.25, -0.2) is 0 Å². The Morgan fingerprint density at radius 1 is 1.50 bits per heavy atom. The Labute approximate surface area is 78.7 Å². The molecule has 0 bridgehead atoms. The van der Waals surface area contributed by atoms with Crippen molar-refractivity contribution in [2.45, 2.75) is 26.7 Å². The standard InChI is InChI=1S/C9H18O2S/c1-3-12-7-5-9(4-6-10)8(2)11/h9-10H,3-7H2,1-2H3. The monoisotopic (exact) mass is 190 g/mol. The van der Waals surface area contributed by atoms with Gasteiger partial charge in [-0.1, -0.05) is 6.92 Å². The first-order valence-corrected chi connectivity index (χ1v) is 5.56. The Hall–Kier alpha value is -0.0200. The van der Waals surface area contributed by atoms with Crippen LogP contribution in [0, 0.1) is 5.92 Å². The van der Waals surface area contributed by atoms with Gasteiger partial charge in [-0.2, -0.15) is 11.8 Å². The third-order valence-corrected chi connectivity index (χ3v) is 2.80. The van der Waals surface area contributed by atoms with Crippen LogP contribution in [0.25, 0.3) is 0 Å². The molecule has 0 radical (unpaired) electrons. The van der Waals surface area contributed by atoms with E-state index in [1.807, 2.05) is 11.8 Å². The number of ketones is 1. The van der Waals surface area contributed by atoms with Gasteiger partial charge in [0.1, 0.15) is 5.78 Å². The molecule has 1 unspecified atom stereocenters. The van der Waals surface area contributed by atoms with Crippen molar-refractivity contribution in [1.29, 1.82) is 0 Å². The van der Waals surface area contributed by atoms with Gasteiger partial charge in [0.25, 0.3) is 0 Å². The highest BCUT2D eigenvalue weighted by Gasteiger charge is 2.12. The molecular formula is C9H18O2S. The van der Waals surface area contributed by atoms with Crippen molar-refractivity contribution < 1.29 is 9.90 Å². The lowest BCUT2D eigenvalue weighted by Crippen LogP contribution is -2.13. The summed E-state index contributed by atoms with van der Waals surface area (Å²) >= 11 is 1.85. The van der Waals surface area contributed by atoms with Gasteiger partial charge in [0, 0.05) is 12.5 Å². The van der Waals surface area contributed by atoms with Crippen LogP contribution in [0.3, 0.4) is 0 Å². The lowest BCUT2D eigenvalue weighted by atomic mass is 9.99. The van der Waals surface area contributed by atoms with Crippen molar-refractivity contribution in [3.63, 3.8) is 0 Å². The average molecular weight is 190 g/mol. The van der Waals surface area contributed by atoms with E-state index in [0.29, 0.717) is 6.42 Å². The molecule has 1 N–H and O–H groups in total. The molecule has 0 aromatic heterocycles. The van der Waals surface area contributed by atoms with Crippen LogP contribution in [0.2, 0.25) is 0 Å². The second kappa shape index (κ2) is 7.62. The number of rotatable bonds is 7. The Morgan fingerprint density at radius 2 is 2.17 bits per heavy atom. The number of carbonyl (C=O) groups is 1. The van der Waals surface area contributed by atoms with Crippen LogP contribution in [0.1, 0.15) is 26.7 Å². The van der Waals surface area contributed by atoms with Crippen molar-refractivity contribution in [3.8, 4) is 0 Å². The fraction of sp³-hybridized carbons (Fsp3) is 0.889. The Kier molecular flexibility index (Phi) is 7.61. The molecule has 0 aliphatic heterocycles. The van der Waals surface area contributed by atoms with Crippen molar-refractivity contribution in [3.05, 3.63) is 0 Å². The summed E-state index contributed by atoms with van der Waals surface area (Å²) in [5.41, 5.74) is 0. The normalized spacial score (nSPS) is 12.9. The minimum absolute atomic E-state index is 0.0778. The predicted molar refractivity (Wildman–Crippen MR) is 53.5 cm³/mol. The summed E-state index contributed by atoms with van der Waals surface area (Å²) in [4.78, 5) is 11.0. The Balaban J connectivity index is 3.56. The van der Waals surface area contributed by atoms with Crippen LogP contribution in [-0.2, 0) is 4.79 Å². The van der Waals surface area contributed by atoms with Crippen LogP contribution in [0.4, 0.5) is 0 Å².